The minimum absolute atomic E-state index is 0.403. The van der Waals surface area contributed by atoms with Gasteiger partial charge in [-0.1, -0.05) is 0 Å². The summed E-state index contributed by atoms with van der Waals surface area (Å²) in [5.74, 6) is 1.59. The number of carbonyl (C=O) groups is 1. The molecular formula is C12H18N2O. The Morgan fingerprint density at radius 1 is 1.27 bits per heavy atom. The van der Waals surface area contributed by atoms with E-state index in [-0.39, 0.29) is 0 Å². The summed E-state index contributed by atoms with van der Waals surface area (Å²) in [4.78, 5) is 14.4. The quantitative estimate of drug-likeness (QED) is 0.650. The van der Waals surface area contributed by atoms with Gasteiger partial charge in [0.15, 0.2) is 5.78 Å². The molecule has 0 amide bonds. The third-order valence-corrected chi connectivity index (χ3v) is 3.85. The molecule has 0 aromatic rings. The van der Waals surface area contributed by atoms with Crippen molar-refractivity contribution in [2.24, 2.45) is 0 Å². The van der Waals surface area contributed by atoms with Crippen molar-refractivity contribution in [2.75, 3.05) is 13.1 Å². The number of rotatable bonds is 0. The molecule has 15 heavy (non-hydrogen) atoms. The van der Waals surface area contributed by atoms with Gasteiger partial charge in [0.1, 0.15) is 5.82 Å². The van der Waals surface area contributed by atoms with E-state index in [4.69, 9.17) is 0 Å². The van der Waals surface area contributed by atoms with Crippen LogP contribution >= 0.6 is 0 Å². The molecule has 0 spiro atoms. The molecule has 0 saturated carbocycles. The average Bonchev–Trinajstić information content (AvgIpc) is 2.30. The summed E-state index contributed by atoms with van der Waals surface area (Å²) >= 11 is 0. The molecule has 1 saturated heterocycles. The second-order valence-electron chi connectivity index (χ2n) is 4.83. The monoisotopic (exact) mass is 206 g/mol. The summed E-state index contributed by atoms with van der Waals surface area (Å²) in [5.41, 5.74) is 1.08. The zero-order valence-electron chi connectivity index (χ0n) is 9.09. The highest BCUT2D eigenvalue weighted by atomic mass is 16.1. The van der Waals surface area contributed by atoms with Crippen molar-refractivity contribution in [2.45, 2.75) is 44.6 Å². The first-order valence-electron chi connectivity index (χ1n) is 6.13. The number of ketones is 1. The smallest absolute Gasteiger partial charge is 0.164 e. The minimum atomic E-state index is 0.403. The van der Waals surface area contributed by atoms with Crippen LogP contribution in [0.3, 0.4) is 0 Å². The number of fused-ring (bicyclic) bond motifs is 2. The van der Waals surface area contributed by atoms with Crippen molar-refractivity contribution in [1.29, 1.82) is 0 Å². The Morgan fingerprint density at radius 3 is 3.13 bits per heavy atom. The Labute approximate surface area is 90.5 Å². The van der Waals surface area contributed by atoms with E-state index < -0.39 is 0 Å². The molecule has 3 rings (SSSR count). The molecule has 0 radical (unpaired) electrons. The van der Waals surface area contributed by atoms with Crippen molar-refractivity contribution in [1.82, 2.24) is 10.2 Å². The van der Waals surface area contributed by atoms with Crippen molar-refractivity contribution >= 4 is 5.78 Å². The van der Waals surface area contributed by atoms with Crippen LogP contribution in [0, 0.1) is 0 Å². The molecule has 3 heteroatoms. The van der Waals surface area contributed by atoms with Crippen LogP contribution in [0.25, 0.3) is 0 Å². The lowest BCUT2D eigenvalue weighted by Crippen LogP contribution is -2.49. The Morgan fingerprint density at radius 2 is 2.20 bits per heavy atom. The second kappa shape index (κ2) is 3.54. The van der Waals surface area contributed by atoms with Gasteiger partial charge in [0.25, 0.3) is 0 Å². The predicted molar refractivity (Wildman–Crippen MR) is 58.2 cm³/mol. The highest BCUT2D eigenvalue weighted by molar-refractivity contribution is 5.97. The zero-order chi connectivity index (χ0) is 10.3. The lowest BCUT2D eigenvalue weighted by Gasteiger charge is -2.44. The molecule has 0 aromatic carbocycles. The number of hydrogen-bond donors (Lipinski definition) is 1. The van der Waals surface area contributed by atoms with Crippen LogP contribution in [-0.4, -0.2) is 29.8 Å². The van der Waals surface area contributed by atoms with Gasteiger partial charge in [-0.2, -0.15) is 0 Å². The largest absolute Gasteiger partial charge is 0.371 e. The third kappa shape index (κ3) is 1.45. The Bertz CT molecular complexity index is 322. The van der Waals surface area contributed by atoms with Gasteiger partial charge in [0, 0.05) is 31.1 Å². The molecule has 1 N–H and O–H groups in total. The topological polar surface area (TPSA) is 32.3 Å². The van der Waals surface area contributed by atoms with E-state index in [9.17, 15) is 4.79 Å². The van der Waals surface area contributed by atoms with E-state index in [1.165, 1.54) is 25.1 Å². The molecule has 1 fully saturated rings. The van der Waals surface area contributed by atoms with Crippen molar-refractivity contribution < 1.29 is 4.79 Å². The van der Waals surface area contributed by atoms with Crippen LogP contribution in [0.1, 0.15) is 38.5 Å². The number of nitrogens with one attached hydrogen (secondary N) is 1. The molecule has 1 unspecified atom stereocenters. The number of hydrogen-bond acceptors (Lipinski definition) is 3. The SMILES string of the molecule is O=C1CC2CCCCN2C2=C1CCCN2. The van der Waals surface area contributed by atoms with E-state index in [2.05, 4.69) is 10.2 Å². The fourth-order valence-corrected chi connectivity index (χ4v) is 3.09. The summed E-state index contributed by atoms with van der Waals surface area (Å²) in [6.45, 7) is 2.18. The summed E-state index contributed by atoms with van der Waals surface area (Å²) in [6.07, 6.45) is 6.64. The van der Waals surface area contributed by atoms with E-state index in [1.807, 2.05) is 0 Å². The maximum absolute atomic E-state index is 12.0. The average molecular weight is 206 g/mol. The first-order chi connectivity index (χ1) is 7.36. The summed E-state index contributed by atoms with van der Waals surface area (Å²) < 4.78 is 0. The summed E-state index contributed by atoms with van der Waals surface area (Å²) in [5, 5.41) is 3.44. The molecule has 0 aliphatic carbocycles. The number of carbonyl (C=O) groups excluding carboxylic acids is 1. The fraction of sp³-hybridized carbons (Fsp3) is 0.750. The van der Waals surface area contributed by atoms with Crippen LogP contribution < -0.4 is 5.32 Å². The van der Waals surface area contributed by atoms with Gasteiger partial charge in [0.05, 0.1) is 0 Å². The van der Waals surface area contributed by atoms with Crippen LogP contribution in [0.2, 0.25) is 0 Å². The maximum atomic E-state index is 12.0. The molecule has 3 aliphatic rings. The highest BCUT2D eigenvalue weighted by Gasteiger charge is 2.35. The first-order valence-corrected chi connectivity index (χ1v) is 6.13. The van der Waals surface area contributed by atoms with Gasteiger partial charge in [-0.3, -0.25) is 4.79 Å². The Balaban J connectivity index is 1.95. The van der Waals surface area contributed by atoms with E-state index in [1.54, 1.807) is 0 Å². The van der Waals surface area contributed by atoms with E-state index in [0.717, 1.165) is 37.9 Å². The maximum Gasteiger partial charge on any atom is 0.164 e. The van der Waals surface area contributed by atoms with Crippen LogP contribution in [-0.2, 0) is 4.79 Å². The van der Waals surface area contributed by atoms with Crippen molar-refractivity contribution in [3.63, 3.8) is 0 Å². The molecule has 0 bridgehead atoms. The van der Waals surface area contributed by atoms with Crippen molar-refractivity contribution in [3.05, 3.63) is 11.4 Å². The Kier molecular flexibility index (Phi) is 2.19. The highest BCUT2D eigenvalue weighted by Crippen LogP contribution is 2.33. The minimum Gasteiger partial charge on any atom is -0.371 e. The van der Waals surface area contributed by atoms with Crippen LogP contribution in [0.15, 0.2) is 11.4 Å². The fourth-order valence-electron chi connectivity index (χ4n) is 3.09. The van der Waals surface area contributed by atoms with Crippen LogP contribution in [0.5, 0.6) is 0 Å². The second-order valence-corrected chi connectivity index (χ2v) is 4.83. The molecule has 82 valence electrons. The molecule has 3 heterocycles. The standard InChI is InChI=1S/C12H18N2O/c15-11-8-9-4-1-2-7-14(9)12-10(11)5-3-6-13-12/h9,13H,1-8H2. The van der Waals surface area contributed by atoms with Gasteiger partial charge < -0.3 is 10.2 Å². The number of nitrogens with zero attached hydrogens (tertiary/aromatic N) is 1. The molecule has 1 atom stereocenters. The van der Waals surface area contributed by atoms with Gasteiger partial charge in [-0.05, 0) is 32.1 Å². The van der Waals surface area contributed by atoms with E-state index in [0.29, 0.717) is 11.8 Å². The molecular weight excluding hydrogens is 188 g/mol. The van der Waals surface area contributed by atoms with Gasteiger partial charge in [0.2, 0.25) is 0 Å². The van der Waals surface area contributed by atoms with Gasteiger partial charge >= 0.3 is 0 Å². The van der Waals surface area contributed by atoms with E-state index >= 15 is 0 Å². The van der Waals surface area contributed by atoms with Crippen LogP contribution in [0.4, 0.5) is 0 Å². The summed E-state index contributed by atoms with van der Waals surface area (Å²) in [7, 11) is 0. The molecule has 3 nitrogen and oxygen atoms in total. The lowest BCUT2D eigenvalue weighted by atomic mass is 9.88. The zero-order valence-corrected chi connectivity index (χ0v) is 9.09. The number of Topliss-reactive ketones (excluding diaryl/α,β-unsaturated/α-hetero) is 1. The molecule has 3 aliphatic heterocycles. The van der Waals surface area contributed by atoms with Gasteiger partial charge in [-0.25, -0.2) is 0 Å². The normalized spacial score (nSPS) is 30.8. The lowest BCUT2D eigenvalue weighted by molar-refractivity contribution is -0.118. The number of allylic oxidation sites excluding steroid dienone is 1. The van der Waals surface area contributed by atoms with Gasteiger partial charge in [-0.15, -0.1) is 0 Å². The van der Waals surface area contributed by atoms with Crippen molar-refractivity contribution in [3.8, 4) is 0 Å². The summed E-state index contributed by atoms with van der Waals surface area (Å²) in [6, 6.07) is 0.496. The first kappa shape index (κ1) is 9.25. The predicted octanol–water partition coefficient (Wildman–Crippen LogP) is 1.41. The Hall–Kier alpha value is -0.990. The number of piperidine rings is 1. The molecule has 0 aromatic heterocycles. The third-order valence-electron chi connectivity index (χ3n) is 3.85.